The summed E-state index contributed by atoms with van der Waals surface area (Å²) in [6, 6.07) is 18.4. The molecule has 0 bridgehead atoms. The average Bonchev–Trinajstić information content (AvgIpc) is 2.69. The quantitative estimate of drug-likeness (QED) is 0.338. The van der Waals surface area contributed by atoms with E-state index in [1.165, 1.54) is 12.1 Å². The van der Waals surface area contributed by atoms with Gasteiger partial charge in [-0.1, -0.05) is 63.2 Å². The van der Waals surface area contributed by atoms with Gasteiger partial charge in [0.25, 0.3) is 0 Å². The Labute approximate surface area is 161 Å². The fraction of sp³-hybridized carbons (Fsp3) is 0.364. The fourth-order valence-corrected chi connectivity index (χ4v) is 5.66. The van der Waals surface area contributed by atoms with E-state index in [2.05, 4.69) is 20.8 Å². The lowest BCUT2D eigenvalue weighted by molar-refractivity contribution is -0.137. The Morgan fingerprint density at radius 3 is 1.93 bits per heavy atom. The molecular weight excluding hydrogens is 365 g/mol. The molecule has 2 rings (SSSR count). The fourth-order valence-electron chi connectivity index (χ4n) is 3.06. The lowest BCUT2D eigenvalue weighted by atomic mass is 10.1. The maximum Gasteiger partial charge on any atom is 0.416 e. The summed E-state index contributed by atoms with van der Waals surface area (Å²) in [5.41, 5.74) is 1.22. The van der Waals surface area contributed by atoms with Crippen LogP contribution in [0.2, 0.25) is 18.1 Å². The zero-order valence-corrected chi connectivity index (χ0v) is 17.1. The minimum absolute atomic E-state index is 0.532. The van der Waals surface area contributed by atoms with E-state index in [4.69, 9.17) is 4.43 Å². The molecule has 0 aromatic heterocycles. The smallest absolute Gasteiger partial charge is 0.416 e. The van der Waals surface area contributed by atoms with E-state index in [-0.39, 0.29) is 0 Å². The SMILES string of the molecule is CC[Si](CC)(CC)O/C(=C/Cc1ccc(C(F)(F)F)cc1)c1ccccc1. The lowest BCUT2D eigenvalue weighted by Crippen LogP contribution is -2.35. The van der Waals surface area contributed by atoms with E-state index in [1.54, 1.807) is 0 Å². The summed E-state index contributed by atoms with van der Waals surface area (Å²) >= 11 is 0. The highest BCUT2D eigenvalue weighted by Crippen LogP contribution is 2.31. The number of rotatable bonds is 8. The van der Waals surface area contributed by atoms with Crippen LogP contribution in [-0.2, 0) is 17.0 Å². The van der Waals surface area contributed by atoms with Crippen molar-refractivity contribution in [3.63, 3.8) is 0 Å². The van der Waals surface area contributed by atoms with E-state index in [9.17, 15) is 13.2 Å². The van der Waals surface area contributed by atoms with Crippen LogP contribution < -0.4 is 0 Å². The standard InChI is InChI=1S/C22H27F3OSi/c1-4-27(5-2,6-3)26-21(19-10-8-7-9-11-19)17-14-18-12-15-20(16-13-18)22(23,24)25/h7-13,15-17H,4-6,14H2,1-3H3/b21-17+. The summed E-state index contributed by atoms with van der Waals surface area (Å²) in [6.07, 6.45) is -1.77. The highest BCUT2D eigenvalue weighted by Gasteiger charge is 2.32. The summed E-state index contributed by atoms with van der Waals surface area (Å²) in [6.45, 7) is 6.53. The first-order valence-electron chi connectivity index (χ1n) is 9.44. The number of allylic oxidation sites excluding steroid dienone is 1. The molecule has 5 heteroatoms. The number of halogens is 3. The van der Waals surface area contributed by atoms with Crippen LogP contribution >= 0.6 is 0 Å². The van der Waals surface area contributed by atoms with Crippen LogP contribution in [-0.4, -0.2) is 8.32 Å². The van der Waals surface area contributed by atoms with Gasteiger partial charge >= 0.3 is 6.18 Å². The van der Waals surface area contributed by atoms with Crippen molar-refractivity contribution in [3.8, 4) is 0 Å². The zero-order valence-electron chi connectivity index (χ0n) is 16.1. The van der Waals surface area contributed by atoms with E-state index in [1.807, 2.05) is 36.4 Å². The molecule has 27 heavy (non-hydrogen) atoms. The van der Waals surface area contributed by atoms with Gasteiger partial charge in [0, 0.05) is 5.56 Å². The molecule has 1 nitrogen and oxygen atoms in total. The van der Waals surface area contributed by atoms with Gasteiger partial charge < -0.3 is 4.43 Å². The number of hydrogen-bond donors (Lipinski definition) is 0. The van der Waals surface area contributed by atoms with E-state index in [0.29, 0.717) is 6.42 Å². The van der Waals surface area contributed by atoms with Crippen molar-refractivity contribution >= 4 is 14.1 Å². The normalized spacial score (nSPS) is 12.9. The topological polar surface area (TPSA) is 9.23 Å². The second kappa shape index (κ2) is 9.26. The molecule has 2 aromatic rings. The van der Waals surface area contributed by atoms with Crippen LogP contribution in [0.4, 0.5) is 13.2 Å². The summed E-state index contributed by atoms with van der Waals surface area (Å²) in [7, 11) is -1.85. The van der Waals surface area contributed by atoms with Gasteiger partial charge in [0.15, 0.2) is 0 Å². The predicted octanol–water partition coefficient (Wildman–Crippen LogP) is 7.31. The Balaban J connectivity index is 2.28. The van der Waals surface area contributed by atoms with Crippen molar-refractivity contribution in [1.82, 2.24) is 0 Å². The summed E-state index contributed by atoms with van der Waals surface area (Å²) in [5, 5.41) is 0. The summed E-state index contributed by atoms with van der Waals surface area (Å²) < 4.78 is 44.8. The summed E-state index contributed by atoms with van der Waals surface area (Å²) in [4.78, 5) is 0. The predicted molar refractivity (Wildman–Crippen MR) is 108 cm³/mol. The van der Waals surface area contributed by atoms with Crippen LogP contribution in [0.5, 0.6) is 0 Å². The molecule has 0 N–H and O–H groups in total. The molecule has 0 radical (unpaired) electrons. The highest BCUT2D eigenvalue weighted by molar-refractivity contribution is 6.74. The minimum Gasteiger partial charge on any atom is -0.543 e. The van der Waals surface area contributed by atoms with Gasteiger partial charge in [-0.05, 0) is 48.3 Å². The molecule has 0 unspecified atom stereocenters. The molecule has 0 fully saturated rings. The Morgan fingerprint density at radius 1 is 0.889 bits per heavy atom. The van der Waals surface area contributed by atoms with Crippen molar-refractivity contribution in [2.24, 2.45) is 0 Å². The van der Waals surface area contributed by atoms with Crippen molar-refractivity contribution < 1.29 is 17.6 Å². The van der Waals surface area contributed by atoms with Crippen molar-refractivity contribution in [1.29, 1.82) is 0 Å². The van der Waals surface area contributed by atoms with E-state index >= 15 is 0 Å². The monoisotopic (exact) mass is 392 g/mol. The molecule has 2 aromatic carbocycles. The molecule has 0 atom stereocenters. The highest BCUT2D eigenvalue weighted by atomic mass is 28.4. The molecule has 0 aliphatic rings. The van der Waals surface area contributed by atoms with E-state index in [0.717, 1.165) is 47.2 Å². The maximum atomic E-state index is 12.7. The van der Waals surface area contributed by atoms with Gasteiger partial charge in [-0.15, -0.1) is 0 Å². The zero-order chi connectivity index (χ0) is 19.9. The Morgan fingerprint density at radius 2 is 1.44 bits per heavy atom. The number of alkyl halides is 3. The van der Waals surface area contributed by atoms with Gasteiger partial charge in [-0.2, -0.15) is 13.2 Å². The van der Waals surface area contributed by atoms with Gasteiger partial charge in [0.2, 0.25) is 8.32 Å². The molecule has 0 spiro atoms. The average molecular weight is 393 g/mol. The number of benzene rings is 2. The molecule has 0 saturated carbocycles. The molecule has 0 aliphatic carbocycles. The first-order valence-corrected chi connectivity index (χ1v) is 12.0. The van der Waals surface area contributed by atoms with Crippen LogP contribution in [0.15, 0.2) is 60.7 Å². The number of hydrogen-bond acceptors (Lipinski definition) is 1. The maximum absolute atomic E-state index is 12.7. The van der Waals surface area contributed by atoms with Crippen LogP contribution in [0, 0.1) is 0 Å². The summed E-state index contributed by atoms with van der Waals surface area (Å²) in [5.74, 6) is 0.840. The Hall–Kier alpha value is -2.01. The second-order valence-electron chi connectivity index (χ2n) is 6.68. The lowest BCUT2D eigenvalue weighted by Gasteiger charge is -2.30. The molecule has 146 valence electrons. The van der Waals surface area contributed by atoms with Crippen LogP contribution in [0.1, 0.15) is 37.5 Å². The molecule has 0 saturated heterocycles. The third-order valence-electron chi connectivity index (χ3n) is 5.12. The van der Waals surface area contributed by atoms with Crippen molar-refractivity contribution in [2.75, 3.05) is 0 Å². The van der Waals surface area contributed by atoms with E-state index < -0.39 is 20.1 Å². The molecule has 0 amide bonds. The Bertz CT molecular complexity index is 724. The van der Waals surface area contributed by atoms with Crippen molar-refractivity contribution in [3.05, 3.63) is 77.4 Å². The third kappa shape index (κ3) is 5.73. The van der Waals surface area contributed by atoms with Crippen molar-refractivity contribution in [2.45, 2.75) is 51.5 Å². The van der Waals surface area contributed by atoms with Crippen LogP contribution in [0.25, 0.3) is 5.76 Å². The molecule has 0 aliphatic heterocycles. The van der Waals surface area contributed by atoms with Gasteiger partial charge in [0.1, 0.15) is 5.76 Å². The second-order valence-corrected chi connectivity index (χ2v) is 11.4. The van der Waals surface area contributed by atoms with Gasteiger partial charge in [-0.3, -0.25) is 0 Å². The largest absolute Gasteiger partial charge is 0.543 e. The molecular formula is C22H27F3OSi. The third-order valence-corrected chi connectivity index (χ3v) is 9.64. The van der Waals surface area contributed by atoms with Gasteiger partial charge in [0.05, 0.1) is 5.56 Å². The molecule has 0 heterocycles. The Kier molecular flexibility index (Phi) is 7.31. The first kappa shape index (κ1) is 21.3. The van der Waals surface area contributed by atoms with Crippen LogP contribution in [0.3, 0.4) is 0 Å². The minimum atomic E-state index is -4.30. The van der Waals surface area contributed by atoms with Gasteiger partial charge in [-0.25, -0.2) is 0 Å². The first-order chi connectivity index (χ1) is 12.8.